The maximum absolute atomic E-state index is 13.1. The topological polar surface area (TPSA) is 68.8 Å². The average Bonchev–Trinajstić information content (AvgIpc) is 2.66. The van der Waals surface area contributed by atoms with Gasteiger partial charge in [-0.3, -0.25) is 10.1 Å². The summed E-state index contributed by atoms with van der Waals surface area (Å²) < 4.78 is 54.7. The van der Waals surface area contributed by atoms with E-state index in [0.29, 0.717) is 5.75 Å². The molecule has 0 radical (unpaired) electrons. The third-order valence-electron chi connectivity index (χ3n) is 3.63. The van der Waals surface area contributed by atoms with Crippen molar-refractivity contribution in [3.8, 4) is 17.2 Å². The minimum Gasteiger partial charge on any atom is -0.493 e. The Morgan fingerprint density at radius 3 is 2.07 bits per heavy atom. The summed E-state index contributed by atoms with van der Waals surface area (Å²) in [5.74, 6) is 0.115. The highest BCUT2D eigenvalue weighted by atomic mass is 32.1. The molecule has 28 heavy (non-hydrogen) atoms. The molecule has 0 aromatic heterocycles. The fourth-order valence-corrected chi connectivity index (χ4v) is 2.58. The number of para-hydroxylation sites is 1. The van der Waals surface area contributed by atoms with Crippen LogP contribution >= 0.6 is 12.2 Å². The molecule has 0 aliphatic heterocycles. The first-order chi connectivity index (χ1) is 13.2. The molecule has 6 nitrogen and oxygen atoms in total. The van der Waals surface area contributed by atoms with Crippen molar-refractivity contribution >= 4 is 28.9 Å². The summed E-state index contributed by atoms with van der Waals surface area (Å²) in [6.45, 7) is 0. The van der Waals surface area contributed by atoms with Gasteiger partial charge in [0.05, 0.1) is 32.6 Å². The molecule has 0 spiro atoms. The Morgan fingerprint density at radius 2 is 1.57 bits per heavy atom. The zero-order chi connectivity index (χ0) is 20.9. The first-order valence-electron chi connectivity index (χ1n) is 7.79. The largest absolute Gasteiger partial charge is 0.493 e. The molecule has 150 valence electrons. The van der Waals surface area contributed by atoms with Crippen LogP contribution in [0.2, 0.25) is 0 Å². The monoisotopic (exact) mass is 414 g/mol. The number of hydrogen-bond donors (Lipinski definition) is 2. The van der Waals surface area contributed by atoms with Crippen LogP contribution in [-0.4, -0.2) is 32.3 Å². The predicted octanol–water partition coefficient (Wildman–Crippen LogP) is 3.86. The van der Waals surface area contributed by atoms with E-state index in [9.17, 15) is 18.0 Å². The van der Waals surface area contributed by atoms with E-state index < -0.39 is 17.6 Å². The second-order valence-corrected chi connectivity index (χ2v) is 5.77. The molecule has 0 atom stereocenters. The molecule has 0 unspecified atom stereocenters. The van der Waals surface area contributed by atoms with Gasteiger partial charge in [-0.25, -0.2) is 0 Å². The van der Waals surface area contributed by atoms with E-state index >= 15 is 0 Å². The van der Waals surface area contributed by atoms with Crippen LogP contribution in [0.25, 0.3) is 0 Å². The van der Waals surface area contributed by atoms with E-state index in [1.54, 1.807) is 0 Å². The minimum atomic E-state index is -4.57. The Bertz CT molecular complexity index is 862. The number of alkyl halides is 3. The molecule has 0 saturated heterocycles. The van der Waals surface area contributed by atoms with Gasteiger partial charge in [-0.05, 0) is 36.5 Å². The molecular weight excluding hydrogens is 397 g/mol. The number of ether oxygens (including phenoxy) is 3. The van der Waals surface area contributed by atoms with Crippen molar-refractivity contribution in [3.63, 3.8) is 0 Å². The first kappa shape index (κ1) is 21.3. The van der Waals surface area contributed by atoms with Crippen LogP contribution in [0.3, 0.4) is 0 Å². The van der Waals surface area contributed by atoms with Crippen LogP contribution in [-0.2, 0) is 6.18 Å². The van der Waals surface area contributed by atoms with Gasteiger partial charge in [-0.1, -0.05) is 12.1 Å². The highest BCUT2D eigenvalue weighted by Crippen LogP contribution is 2.38. The van der Waals surface area contributed by atoms with Gasteiger partial charge >= 0.3 is 6.18 Å². The number of amides is 1. The van der Waals surface area contributed by atoms with Gasteiger partial charge in [0.1, 0.15) is 0 Å². The van der Waals surface area contributed by atoms with Gasteiger partial charge in [-0.15, -0.1) is 0 Å². The molecule has 2 aromatic carbocycles. The predicted molar refractivity (Wildman–Crippen MR) is 101 cm³/mol. The molecule has 0 bridgehead atoms. The van der Waals surface area contributed by atoms with Gasteiger partial charge < -0.3 is 19.5 Å². The Kier molecular flexibility index (Phi) is 6.68. The number of hydrogen-bond acceptors (Lipinski definition) is 5. The summed E-state index contributed by atoms with van der Waals surface area (Å²) in [5.41, 5.74) is -1.06. The van der Waals surface area contributed by atoms with Gasteiger partial charge in [0, 0.05) is 5.56 Å². The number of benzene rings is 2. The van der Waals surface area contributed by atoms with Crippen molar-refractivity contribution in [1.29, 1.82) is 0 Å². The lowest BCUT2D eigenvalue weighted by atomic mass is 10.1. The normalized spacial score (nSPS) is 10.8. The Morgan fingerprint density at radius 1 is 1.00 bits per heavy atom. The summed E-state index contributed by atoms with van der Waals surface area (Å²) in [7, 11) is 4.19. The lowest BCUT2D eigenvalue weighted by Crippen LogP contribution is -2.34. The molecule has 0 aliphatic rings. The molecule has 0 fully saturated rings. The molecular formula is C18H17F3N2O4S. The van der Waals surface area contributed by atoms with E-state index in [1.807, 2.05) is 0 Å². The third-order valence-corrected chi connectivity index (χ3v) is 3.84. The summed E-state index contributed by atoms with van der Waals surface area (Å²) >= 11 is 4.97. The Hall–Kier alpha value is -3.01. The standard InChI is InChI=1S/C18H17F3N2O4S/c1-25-13-8-10(9-14(26-2)15(13)27-3)16(24)23-17(28)22-12-7-5-4-6-11(12)18(19,20)21/h4-9H,1-3H3,(H2,22,23,24,28). The van der Waals surface area contributed by atoms with Gasteiger partial charge in [0.2, 0.25) is 5.75 Å². The number of nitrogens with one attached hydrogen (secondary N) is 2. The van der Waals surface area contributed by atoms with E-state index in [-0.39, 0.29) is 27.9 Å². The fourth-order valence-electron chi connectivity index (χ4n) is 2.38. The van der Waals surface area contributed by atoms with Crippen LogP contribution < -0.4 is 24.8 Å². The van der Waals surface area contributed by atoms with Crippen LogP contribution in [0.4, 0.5) is 18.9 Å². The highest BCUT2D eigenvalue weighted by molar-refractivity contribution is 7.80. The molecule has 2 aromatic rings. The summed E-state index contributed by atoms with van der Waals surface area (Å²) in [6.07, 6.45) is -4.57. The quantitative estimate of drug-likeness (QED) is 0.725. The number of carbonyl (C=O) groups is 1. The SMILES string of the molecule is COc1cc(C(=O)NC(=S)Nc2ccccc2C(F)(F)F)cc(OC)c1OC. The number of carbonyl (C=O) groups excluding carboxylic acids is 1. The number of halogens is 3. The van der Waals surface area contributed by atoms with Crippen molar-refractivity contribution in [2.24, 2.45) is 0 Å². The second-order valence-electron chi connectivity index (χ2n) is 5.37. The van der Waals surface area contributed by atoms with E-state index in [1.165, 1.54) is 51.7 Å². The van der Waals surface area contributed by atoms with E-state index in [0.717, 1.165) is 6.07 Å². The molecule has 1 amide bonds. The highest BCUT2D eigenvalue weighted by Gasteiger charge is 2.33. The Balaban J connectivity index is 2.21. The molecule has 0 saturated carbocycles. The first-order valence-corrected chi connectivity index (χ1v) is 8.20. The lowest BCUT2D eigenvalue weighted by Gasteiger charge is -2.16. The lowest BCUT2D eigenvalue weighted by molar-refractivity contribution is -0.136. The molecule has 0 heterocycles. The maximum Gasteiger partial charge on any atom is 0.418 e. The van der Waals surface area contributed by atoms with Crippen molar-refractivity contribution in [3.05, 3.63) is 47.5 Å². The summed E-state index contributed by atoms with van der Waals surface area (Å²) in [6, 6.07) is 7.57. The zero-order valence-corrected chi connectivity index (χ0v) is 16.0. The van der Waals surface area contributed by atoms with Crippen molar-refractivity contribution in [2.45, 2.75) is 6.18 Å². The maximum atomic E-state index is 13.1. The van der Waals surface area contributed by atoms with Crippen LogP contribution in [0.1, 0.15) is 15.9 Å². The summed E-state index contributed by atoms with van der Waals surface area (Å²) in [5, 5.41) is 4.42. The van der Waals surface area contributed by atoms with E-state index in [4.69, 9.17) is 26.4 Å². The van der Waals surface area contributed by atoms with Crippen molar-refractivity contribution in [2.75, 3.05) is 26.6 Å². The minimum absolute atomic E-state index is 0.114. The molecule has 2 rings (SSSR count). The Labute approximate surface area is 164 Å². The zero-order valence-electron chi connectivity index (χ0n) is 15.1. The van der Waals surface area contributed by atoms with Crippen LogP contribution in [0.5, 0.6) is 17.2 Å². The average molecular weight is 414 g/mol. The fraction of sp³-hybridized carbons (Fsp3) is 0.222. The number of thiocarbonyl (C=S) groups is 1. The number of methoxy groups -OCH3 is 3. The van der Waals surface area contributed by atoms with Crippen molar-refractivity contribution in [1.82, 2.24) is 5.32 Å². The van der Waals surface area contributed by atoms with E-state index in [2.05, 4.69) is 10.6 Å². The molecule has 0 aliphatic carbocycles. The number of rotatable bonds is 5. The van der Waals surface area contributed by atoms with Gasteiger partial charge in [0.25, 0.3) is 5.91 Å². The second kappa shape index (κ2) is 8.79. The summed E-state index contributed by atoms with van der Waals surface area (Å²) in [4.78, 5) is 12.5. The van der Waals surface area contributed by atoms with Gasteiger partial charge in [0.15, 0.2) is 16.6 Å². The van der Waals surface area contributed by atoms with Gasteiger partial charge in [-0.2, -0.15) is 13.2 Å². The molecule has 2 N–H and O–H groups in total. The molecule has 10 heteroatoms. The van der Waals surface area contributed by atoms with Crippen LogP contribution in [0.15, 0.2) is 36.4 Å². The van der Waals surface area contributed by atoms with Crippen LogP contribution in [0, 0.1) is 0 Å². The number of anilines is 1. The smallest absolute Gasteiger partial charge is 0.418 e. The van der Waals surface area contributed by atoms with Crippen molar-refractivity contribution < 1.29 is 32.2 Å². The third kappa shape index (κ3) is 4.83.